The number of thiophene rings is 1. The van der Waals surface area contributed by atoms with E-state index in [2.05, 4.69) is 15.6 Å². The molecule has 3 N–H and O–H groups in total. The molecule has 0 aromatic carbocycles. The van der Waals surface area contributed by atoms with Gasteiger partial charge in [-0.3, -0.25) is 10.2 Å². The van der Waals surface area contributed by atoms with Gasteiger partial charge in [0.15, 0.2) is 0 Å². The quantitative estimate of drug-likeness (QED) is 0.583. The van der Waals surface area contributed by atoms with Crippen LogP contribution >= 0.6 is 34.5 Å². The Morgan fingerprint density at radius 3 is 2.97 bits per heavy atom. The molecule has 2 aliphatic rings. The Balaban J connectivity index is 1.70. The molecule has 0 aliphatic carbocycles. The Labute approximate surface area is 180 Å². The standard InChI is InChI=1S/C16H15Cl2N5O4S2/c1-23-15(19)22-16(7-27-6-10(16)29(23,25)26)13-8(17)5-9(28-13)14(24)21-12-4-2-3-11(18)20-12/h2-5,10H,6-7H2,1H3,(H2,19,22)(H,20,21,24)/t10?,16-/m0/s1. The number of halogens is 2. The molecule has 2 aliphatic heterocycles. The van der Waals surface area contributed by atoms with E-state index >= 15 is 0 Å². The van der Waals surface area contributed by atoms with Crippen LogP contribution in [0.5, 0.6) is 0 Å². The Kier molecular flexibility index (Phi) is 4.98. The number of carbonyl (C=O) groups is 1. The van der Waals surface area contributed by atoms with Gasteiger partial charge in [0.1, 0.15) is 21.8 Å². The number of guanidine groups is 1. The van der Waals surface area contributed by atoms with Crippen molar-refractivity contribution in [2.45, 2.75) is 10.8 Å². The predicted molar refractivity (Wildman–Crippen MR) is 110 cm³/mol. The third-order valence-corrected chi connectivity index (χ3v) is 8.95. The van der Waals surface area contributed by atoms with Crippen LogP contribution in [-0.4, -0.2) is 55.1 Å². The van der Waals surface area contributed by atoms with Gasteiger partial charge in [0.25, 0.3) is 5.91 Å². The molecule has 2 fully saturated rings. The van der Waals surface area contributed by atoms with Crippen LogP contribution in [0.25, 0.3) is 0 Å². The number of hydrogen-bond acceptors (Lipinski definition) is 7. The average Bonchev–Trinajstić information content (AvgIpc) is 3.25. The lowest BCUT2D eigenvalue weighted by Gasteiger charge is -2.42. The molecule has 0 spiro atoms. The maximum absolute atomic E-state index is 12.8. The highest BCUT2D eigenvalue weighted by Crippen LogP contribution is 2.45. The van der Waals surface area contributed by atoms with E-state index in [0.717, 1.165) is 15.6 Å². The molecule has 2 aromatic rings. The summed E-state index contributed by atoms with van der Waals surface area (Å²) in [5, 5.41) is 13.1. The van der Waals surface area contributed by atoms with Crippen LogP contribution in [-0.2, 0) is 20.3 Å². The molecule has 4 rings (SSSR count). The Bertz CT molecular complexity index is 1120. The Morgan fingerprint density at radius 1 is 1.48 bits per heavy atom. The van der Waals surface area contributed by atoms with Crippen molar-refractivity contribution in [2.75, 3.05) is 25.6 Å². The normalized spacial score (nSPS) is 25.4. The lowest BCUT2D eigenvalue weighted by atomic mass is 9.95. The summed E-state index contributed by atoms with van der Waals surface area (Å²) in [5.41, 5.74) is -1.24. The fraction of sp³-hybridized carbons (Fsp3) is 0.312. The number of nitrogens with zero attached hydrogens (tertiary/aromatic N) is 2. The van der Waals surface area contributed by atoms with Crippen LogP contribution < -0.4 is 10.6 Å². The SMILES string of the molecule is CN1C(=N)N[C@@]2(c3sc(C(=O)Nc4cccc(Cl)n4)cc3Cl)COCC2S1(=O)=O. The molecular formula is C16H15Cl2N5O4S2. The second-order valence-corrected chi connectivity index (χ2v) is 10.5. The lowest BCUT2D eigenvalue weighted by Crippen LogP contribution is -2.66. The number of pyridine rings is 1. The predicted octanol–water partition coefficient (Wildman–Crippen LogP) is 2.10. The summed E-state index contributed by atoms with van der Waals surface area (Å²) in [6.07, 6.45) is 0. The van der Waals surface area contributed by atoms with Gasteiger partial charge in [-0.05, 0) is 18.2 Å². The number of hydrogen-bond donors (Lipinski definition) is 3. The van der Waals surface area contributed by atoms with E-state index in [-0.39, 0.29) is 40.0 Å². The molecule has 2 aromatic heterocycles. The first-order valence-electron chi connectivity index (χ1n) is 8.31. The molecule has 0 saturated carbocycles. The summed E-state index contributed by atoms with van der Waals surface area (Å²) < 4.78 is 32.0. The molecule has 29 heavy (non-hydrogen) atoms. The fourth-order valence-corrected chi connectivity index (χ4v) is 6.87. The third-order valence-electron chi connectivity index (χ3n) is 4.82. The van der Waals surface area contributed by atoms with Crippen LogP contribution in [0.2, 0.25) is 10.2 Å². The van der Waals surface area contributed by atoms with Gasteiger partial charge in [-0.2, -0.15) is 0 Å². The Morgan fingerprint density at radius 2 is 2.24 bits per heavy atom. The minimum atomic E-state index is -3.83. The molecule has 0 bridgehead atoms. The van der Waals surface area contributed by atoms with Crippen LogP contribution in [0.4, 0.5) is 5.82 Å². The van der Waals surface area contributed by atoms with Gasteiger partial charge in [0.05, 0.1) is 28.0 Å². The number of nitrogens with one attached hydrogen (secondary N) is 3. The van der Waals surface area contributed by atoms with E-state index in [0.29, 0.717) is 4.88 Å². The van der Waals surface area contributed by atoms with Gasteiger partial charge < -0.3 is 15.4 Å². The topological polar surface area (TPSA) is 124 Å². The van der Waals surface area contributed by atoms with E-state index in [1.54, 1.807) is 18.2 Å². The zero-order valence-corrected chi connectivity index (χ0v) is 18.0. The number of fused-ring (bicyclic) bond motifs is 1. The van der Waals surface area contributed by atoms with Crippen molar-refractivity contribution in [1.82, 2.24) is 14.6 Å². The zero-order valence-electron chi connectivity index (χ0n) is 14.9. The largest absolute Gasteiger partial charge is 0.377 e. The first kappa shape index (κ1) is 20.4. The number of anilines is 1. The molecule has 0 radical (unpaired) electrons. The van der Waals surface area contributed by atoms with E-state index < -0.39 is 26.7 Å². The van der Waals surface area contributed by atoms with Crippen molar-refractivity contribution in [3.8, 4) is 0 Å². The molecule has 9 nitrogen and oxygen atoms in total. The minimum Gasteiger partial charge on any atom is -0.377 e. The number of rotatable bonds is 3. The number of carbonyl (C=O) groups excluding carboxylic acids is 1. The Hall–Kier alpha value is -1.92. The van der Waals surface area contributed by atoms with E-state index in [1.807, 2.05) is 0 Å². The first-order valence-corrected chi connectivity index (χ1v) is 11.4. The van der Waals surface area contributed by atoms with Gasteiger partial charge in [0, 0.05) is 7.05 Å². The summed E-state index contributed by atoms with van der Waals surface area (Å²) in [5.74, 6) is -0.475. The number of ether oxygens (including phenoxy) is 1. The van der Waals surface area contributed by atoms with Crippen LogP contribution in [0.3, 0.4) is 0 Å². The van der Waals surface area contributed by atoms with Crippen LogP contribution in [0.15, 0.2) is 24.3 Å². The van der Waals surface area contributed by atoms with E-state index in [9.17, 15) is 13.2 Å². The van der Waals surface area contributed by atoms with Crippen molar-refractivity contribution in [3.05, 3.63) is 44.2 Å². The molecule has 1 amide bonds. The lowest BCUT2D eigenvalue weighted by molar-refractivity contribution is 0.103. The summed E-state index contributed by atoms with van der Waals surface area (Å²) in [6, 6.07) is 6.28. The van der Waals surface area contributed by atoms with Crippen molar-refractivity contribution in [1.29, 1.82) is 5.41 Å². The van der Waals surface area contributed by atoms with E-state index in [1.165, 1.54) is 13.1 Å². The van der Waals surface area contributed by atoms with Crippen molar-refractivity contribution in [2.24, 2.45) is 0 Å². The monoisotopic (exact) mass is 475 g/mol. The third kappa shape index (κ3) is 3.26. The average molecular weight is 476 g/mol. The molecule has 13 heteroatoms. The fourth-order valence-electron chi connectivity index (χ4n) is 3.34. The zero-order chi connectivity index (χ0) is 21.0. The van der Waals surface area contributed by atoms with Crippen LogP contribution in [0.1, 0.15) is 14.5 Å². The molecule has 1 unspecified atom stereocenters. The van der Waals surface area contributed by atoms with Crippen molar-refractivity contribution in [3.63, 3.8) is 0 Å². The first-order chi connectivity index (χ1) is 13.6. The van der Waals surface area contributed by atoms with Gasteiger partial charge in [-0.25, -0.2) is 17.7 Å². The van der Waals surface area contributed by atoms with Gasteiger partial charge in [0.2, 0.25) is 16.0 Å². The highest BCUT2D eigenvalue weighted by atomic mass is 35.5. The summed E-state index contributed by atoms with van der Waals surface area (Å²) in [6.45, 7) is -0.0423. The second kappa shape index (κ2) is 7.10. The van der Waals surface area contributed by atoms with Crippen molar-refractivity contribution >= 4 is 62.2 Å². The summed E-state index contributed by atoms with van der Waals surface area (Å²) in [7, 11) is -2.53. The van der Waals surface area contributed by atoms with Crippen LogP contribution in [0, 0.1) is 5.41 Å². The smallest absolute Gasteiger partial charge is 0.266 e. The number of amides is 1. The highest BCUT2D eigenvalue weighted by molar-refractivity contribution is 7.90. The molecule has 2 atom stereocenters. The van der Waals surface area contributed by atoms with Gasteiger partial charge >= 0.3 is 0 Å². The van der Waals surface area contributed by atoms with Gasteiger partial charge in [-0.1, -0.05) is 29.3 Å². The summed E-state index contributed by atoms with van der Waals surface area (Å²) in [4.78, 5) is 17.3. The van der Waals surface area contributed by atoms with E-state index in [4.69, 9.17) is 33.3 Å². The molecule has 4 heterocycles. The number of sulfonamides is 1. The summed E-state index contributed by atoms with van der Waals surface area (Å²) >= 11 is 13.3. The van der Waals surface area contributed by atoms with Crippen molar-refractivity contribution < 1.29 is 17.9 Å². The number of aromatic nitrogens is 1. The maximum atomic E-state index is 12.8. The molecular weight excluding hydrogens is 461 g/mol. The minimum absolute atomic E-state index is 0.00422. The highest BCUT2D eigenvalue weighted by Gasteiger charge is 2.59. The molecule has 154 valence electrons. The molecule has 2 saturated heterocycles. The van der Waals surface area contributed by atoms with Gasteiger partial charge in [-0.15, -0.1) is 11.3 Å². The second-order valence-electron chi connectivity index (χ2n) is 6.55. The maximum Gasteiger partial charge on any atom is 0.266 e.